The third kappa shape index (κ3) is 4.11. The average molecular weight is 435 g/mol. The largest absolute Gasteiger partial charge is 0.493 e. The van der Waals surface area contributed by atoms with Crippen molar-refractivity contribution in [2.45, 2.75) is 19.6 Å². The Labute approximate surface area is 186 Å². The van der Waals surface area contributed by atoms with E-state index in [2.05, 4.69) is 0 Å². The van der Waals surface area contributed by atoms with Gasteiger partial charge in [-0.1, -0.05) is 30.3 Å². The summed E-state index contributed by atoms with van der Waals surface area (Å²) in [5.41, 5.74) is 2.76. The van der Waals surface area contributed by atoms with E-state index < -0.39 is 17.6 Å². The molecule has 0 unspecified atom stereocenters. The van der Waals surface area contributed by atoms with Crippen LogP contribution in [0.15, 0.2) is 59.5 Å². The zero-order valence-corrected chi connectivity index (χ0v) is 18.3. The second-order valence-electron chi connectivity index (χ2n) is 7.53. The van der Waals surface area contributed by atoms with Crippen molar-refractivity contribution >= 4 is 5.97 Å². The highest BCUT2D eigenvalue weighted by Gasteiger charge is 2.29. The zero-order valence-electron chi connectivity index (χ0n) is 18.3. The van der Waals surface area contributed by atoms with Crippen molar-refractivity contribution in [2.24, 2.45) is 0 Å². The van der Waals surface area contributed by atoms with Crippen LogP contribution in [0.5, 0.6) is 11.5 Å². The minimum absolute atomic E-state index is 0.0425. The molecular formula is C25H25NO6. The fourth-order valence-electron chi connectivity index (χ4n) is 3.75. The average Bonchev–Trinajstić information content (AvgIpc) is 2.81. The molecule has 3 aromatic rings. The predicted molar refractivity (Wildman–Crippen MR) is 119 cm³/mol. The van der Waals surface area contributed by atoms with Gasteiger partial charge in [0.15, 0.2) is 5.43 Å². The summed E-state index contributed by atoms with van der Waals surface area (Å²) in [5, 5.41) is 0. The number of hydrogen-bond acceptors (Lipinski definition) is 6. The van der Waals surface area contributed by atoms with E-state index in [4.69, 9.17) is 18.9 Å². The summed E-state index contributed by atoms with van der Waals surface area (Å²) < 4.78 is 24.0. The van der Waals surface area contributed by atoms with E-state index in [1.807, 2.05) is 49.4 Å². The summed E-state index contributed by atoms with van der Waals surface area (Å²) in [6.45, 7) is 3.09. The highest BCUT2D eigenvalue weighted by atomic mass is 16.5. The number of fused-ring (bicyclic) bond motifs is 3. The molecule has 0 spiro atoms. The van der Waals surface area contributed by atoms with Crippen molar-refractivity contribution in [3.05, 3.63) is 81.6 Å². The number of aryl methyl sites for hydroxylation is 1. The van der Waals surface area contributed by atoms with Crippen LogP contribution < -0.4 is 14.9 Å². The molecule has 2 aromatic carbocycles. The van der Waals surface area contributed by atoms with Gasteiger partial charge in [-0.05, 0) is 18.6 Å². The number of ether oxygens (including phenoxy) is 4. The van der Waals surface area contributed by atoms with Crippen LogP contribution in [0.2, 0.25) is 0 Å². The molecule has 0 N–H and O–H groups in total. The minimum atomic E-state index is -0.682. The summed E-state index contributed by atoms with van der Waals surface area (Å²) in [7, 11) is 2.91. The van der Waals surface area contributed by atoms with E-state index >= 15 is 0 Å². The Balaban J connectivity index is 1.83. The summed E-state index contributed by atoms with van der Waals surface area (Å²) in [6.07, 6.45) is 1.72. The molecule has 4 rings (SSSR count). The van der Waals surface area contributed by atoms with Gasteiger partial charge in [-0.25, -0.2) is 4.79 Å². The molecule has 0 radical (unpaired) electrons. The zero-order chi connectivity index (χ0) is 22.7. The number of pyridine rings is 1. The topological polar surface area (TPSA) is 76.0 Å². The number of esters is 1. The molecule has 0 saturated heterocycles. The maximum absolute atomic E-state index is 12.7. The third-order valence-corrected chi connectivity index (χ3v) is 5.36. The fraction of sp³-hybridized carbons (Fsp3) is 0.280. The van der Waals surface area contributed by atoms with Crippen LogP contribution in [0.4, 0.5) is 0 Å². The molecule has 1 aromatic heterocycles. The lowest BCUT2D eigenvalue weighted by molar-refractivity contribution is 0.0597. The molecule has 32 heavy (non-hydrogen) atoms. The summed E-state index contributed by atoms with van der Waals surface area (Å²) >= 11 is 0. The van der Waals surface area contributed by atoms with E-state index in [1.165, 1.54) is 19.4 Å². The van der Waals surface area contributed by atoms with Gasteiger partial charge < -0.3 is 23.5 Å². The van der Waals surface area contributed by atoms with Gasteiger partial charge in [-0.2, -0.15) is 0 Å². The second-order valence-corrected chi connectivity index (χ2v) is 7.53. The molecule has 1 aliphatic rings. The Morgan fingerprint density at radius 2 is 1.88 bits per heavy atom. The Morgan fingerprint density at radius 1 is 1.09 bits per heavy atom. The molecule has 0 saturated carbocycles. The number of carbonyl (C=O) groups excluding carboxylic acids is 1. The van der Waals surface area contributed by atoms with Crippen LogP contribution in [0, 0.1) is 6.92 Å². The van der Waals surface area contributed by atoms with Crippen LogP contribution in [-0.2, 0) is 9.47 Å². The summed E-state index contributed by atoms with van der Waals surface area (Å²) in [4.78, 5) is 24.9. The quantitative estimate of drug-likeness (QED) is 0.413. The van der Waals surface area contributed by atoms with E-state index in [1.54, 1.807) is 11.7 Å². The summed E-state index contributed by atoms with van der Waals surface area (Å²) in [5.74, 6) is 0.643. The van der Waals surface area contributed by atoms with Crippen molar-refractivity contribution < 1.29 is 23.7 Å². The molecule has 0 amide bonds. The molecular weight excluding hydrogens is 410 g/mol. The lowest BCUT2D eigenvalue weighted by Crippen LogP contribution is -2.28. The van der Waals surface area contributed by atoms with Gasteiger partial charge in [0.25, 0.3) is 0 Å². The molecule has 0 aliphatic carbocycles. The van der Waals surface area contributed by atoms with Gasteiger partial charge in [0.05, 0.1) is 19.4 Å². The molecule has 1 atom stereocenters. The molecule has 166 valence electrons. The number of carbonyl (C=O) groups is 1. The number of methoxy groups -OCH3 is 2. The van der Waals surface area contributed by atoms with E-state index in [9.17, 15) is 9.59 Å². The van der Waals surface area contributed by atoms with Crippen LogP contribution in [0.25, 0.3) is 11.3 Å². The maximum Gasteiger partial charge on any atom is 0.343 e. The first-order valence-electron chi connectivity index (χ1n) is 10.4. The van der Waals surface area contributed by atoms with E-state index in [0.717, 1.165) is 23.1 Å². The Kier molecular flexibility index (Phi) is 6.28. The molecule has 7 heteroatoms. The Hall–Kier alpha value is -3.58. The number of rotatable bonds is 7. The van der Waals surface area contributed by atoms with Gasteiger partial charge in [-0.15, -0.1) is 0 Å². The number of benzene rings is 2. The van der Waals surface area contributed by atoms with Crippen LogP contribution in [-0.4, -0.2) is 38.0 Å². The van der Waals surface area contributed by atoms with Crippen molar-refractivity contribution in [3.8, 4) is 22.8 Å². The number of hydrogen-bond donors (Lipinski definition) is 0. The normalized spacial score (nSPS) is 14.2. The summed E-state index contributed by atoms with van der Waals surface area (Å²) in [6, 6.07) is 14.9. The Morgan fingerprint density at radius 3 is 2.59 bits per heavy atom. The standard InChI is InChI=1S/C25H25NO6/c1-16-12-18-20-13-21(27)19(25(28)30-3)15-26(20)24(17-8-5-4-6-9-17)32-23(18)14-22(16)31-11-7-10-29-2/h4-6,8-9,12-15,24H,7,10-11H2,1-3H3/t24-/m0/s1. The SMILES string of the molecule is COCCCOc1cc2c(cc1C)-c1cc(=O)c(C(=O)OC)cn1[C@H](c1ccccc1)O2. The van der Waals surface area contributed by atoms with Crippen LogP contribution in [0.1, 0.15) is 34.1 Å². The van der Waals surface area contributed by atoms with Gasteiger partial charge in [0.2, 0.25) is 6.23 Å². The molecule has 0 bridgehead atoms. The second kappa shape index (κ2) is 9.28. The van der Waals surface area contributed by atoms with E-state index in [-0.39, 0.29) is 5.56 Å². The van der Waals surface area contributed by atoms with Crippen LogP contribution in [0.3, 0.4) is 0 Å². The van der Waals surface area contributed by atoms with Crippen molar-refractivity contribution in [1.82, 2.24) is 4.57 Å². The Bertz CT molecular complexity index is 1190. The first-order valence-corrected chi connectivity index (χ1v) is 10.4. The first kappa shape index (κ1) is 21.6. The molecule has 2 heterocycles. The van der Waals surface area contributed by atoms with Gasteiger partial charge >= 0.3 is 5.97 Å². The van der Waals surface area contributed by atoms with E-state index in [0.29, 0.717) is 30.4 Å². The van der Waals surface area contributed by atoms with Gasteiger partial charge in [0, 0.05) is 49.6 Å². The smallest absolute Gasteiger partial charge is 0.343 e. The highest BCUT2D eigenvalue weighted by molar-refractivity contribution is 5.89. The molecule has 0 fully saturated rings. The monoisotopic (exact) mass is 435 g/mol. The van der Waals surface area contributed by atoms with Crippen LogP contribution >= 0.6 is 0 Å². The minimum Gasteiger partial charge on any atom is -0.493 e. The van der Waals surface area contributed by atoms with Crippen molar-refractivity contribution in [2.75, 3.05) is 27.4 Å². The maximum atomic E-state index is 12.7. The van der Waals surface area contributed by atoms with Crippen molar-refractivity contribution in [3.63, 3.8) is 0 Å². The highest BCUT2D eigenvalue weighted by Crippen LogP contribution is 2.43. The lowest BCUT2D eigenvalue weighted by Gasteiger charge is -2.32. The van der Waals surface area contributed by atoms with Crippen molar-refractivity contribution in [1.29, 1.82) is 0 Å². The number of aromatic nitrogens is 1. The molecule has 1 aliphatic heterocycles. The lowest BCUT2D eigenvalue weighted by atomic mass is 10.0. The van der Waals surface area contributed by atoms with Gasteiger partial charge in [0.1, 0.15) is 17.1 Å². The predicted octanol–water partition coefficient (Wildman–Crippen LogP) is 3.96. The fourth-order valence-corrected chi connectivity index (χ4v) is 3.75. The first-order chi connectivity index (χ1) is 15.5. The molecule has 7 nitrogen and oxygen atoms in total. The van der Waals surface area contributed by atoms with Gasteiger partial charge in [-0.3, -0.25) is 4.79 Å². The third-order valence-electron chi connectivity index (χ3n) is 5.36. The number of nitrogens with zero attached hydrogens (tertiary/aromatic N) is 1.